The van der Waals surface area contributed by atoms with Crippen molar-refractivity contribution in [2.75, 3.05) is 7.11 Å². The van der Waals surface area contributed by atoms with Crippen molar-refractivity contribution >= 4 is 5.97 Å². The zero-order valence-electron chi connectivity index (χ0n) is 11.2. The maximum absolute atomic E-state index is 11.8. The Morgan fingerprint density at radius 2 is 2.28 bits per heavy atom. The number of methoxy groups -OCH3 is 1. The van der Waals surface area contributed by atoms with E-state index in [2.05, 4.69) is 12.3 Å². The van der Waals surface area contributed by atoms with Crippen LogP contribution in [0.2, 0.25) is 0 Å². The molecule has 1 aliphatic rings. The van der Waals surface area contributed by atoms with Crippen LogP contribution in [0.1, 0.15) is 26.7 Å². The summed E-state index contributed by atoms with van der Waals surface area (Å²) < 4.78 is 4.76. The second-order valence-electron chi connectivity index (χ2n) is 4.13. The van der Waals surface area contributed by atoms with Crippen molar-refractivity contribution in [1.82, 2.24) is 0 Å². The van der Waals surface area contributed by atoms with E-state index in [4.69, 9.17) is 10.5 Å². The van der Waals surface area contributed by atoms with Gasteiger partial charge in [-0.1, -0.05) is 13.5 Å². The molecule has 2 N–H and O–H groups in total. The first-order valence-corrected chi connectivity index (χ1v) is 5.90. The molecule has 0 bridgehead atoms. The SMILES string of the molecule is C=C1CC=C=C(C)/C(C(=O)OC)=C(N)\C=C/1CC. The molecular formula is C15H19NO2. The van der Waals surface area contributed by atoms with Gasteiger partial charge in [-0.25, -0.2) is 4.79 Å². The lowest BCUT2D eigenvalue weighted by Crippen LogP contribution is -2.12. The molecule has 0 heterocycles. The van der Waals surface area contributed by atoms with Gasteiger partial charge in [0, 0.05) is 11.3 Å². The highest BCUT2D eigenvalue weighted by atomic mass is 16.5. The Morgan fingerprint density at radius 3 is 2.83 bits per heavy atom. The molecule has 3 nitrogen and oxygen atoms in total. The Hall–Kier alpha value is -1.99. The van der Waals surface area contributed by atoms with Gasteiger partial charge in [0.2, 0.25) is 0 Å². The van der Waals surface area contributed by atoms with Gasteiger partial charge in [0.05, 0.1) is 12.7 Å². The number of esters is 1. The van der Waals surface area contributed by atoms with Gasteiger partial charge in [-0.2, -0.15) is 0 Å². The normalized spacial score (nSPS) is 23.4. The van der Waals surface area contributed by atoms with E-state index in [0.717, 1.165) is 17.6 Å². The molecule has 18 heavy (non-hydrogen) atoms. The number of allylic oxidation sites excluding steroid dienone is 3. The van der Waals surface area contributed by atoms with Gasteiger partial charge in [0.25, 0.3) is 0 Å². The number of carbonyl (C=O) groups is 1. The molecule has 0 aromatic heterocycles. The largest absolute Gasteiger partial charge is 0.465 e. The van der Waals surface area contributed by atoms with Gasteiger partial charge >= 0.3 is 5.97 Å². The summed E-state index contributed by atoms with van der Waals surface area (Å²) in [5.41, 5.74) is 12.5. The van der Waals surface area contributed by atoms with E-state index in [1.807, 2.05) is 13.0 Å². The monoisotopic (exact) mass is 245 g/mol. The van der Waals surface area contributed by atoms with Crippen LogP contribution >= 0.6 is 0 Å². The Bertz CT molecular complexity index is 501. The minimum atomic E-state index is -0.440. The minimum Gasteiger partial charge on any atom is -0.465 e. The fourth-order valence-corrected chi connectivity index (χ4v) is 1.83. The fourth-order valence-electron chi connectivity index (χ4n) is 1.83. The summed E-state index contributed by atoms with van der Waals surface area (Å²) in [5, 5.41) is 0. The Morgan fingerprint density at radius 1 is 1.61 bits per heavy atom. The molecule has 0 aliphatic heterocycles. The van der Waals surface area contributed by atoms with Crippen molar-refractivity contribution in [3.63, 3.8) is 0 Å². The van der Waals surface area contributed by atoms with E-state index in [1.165, 1.54) is 7.11 Å². The average Bonchev–Trinajstić information content (AvgIpc) is 2.39. The first kappa shape index (κ1) is 14.1. The number of carbonyl (C=O) groups excluding carboxylic acids is 1. The Kier molecular flexibility index (Phi) is 4.75. The van der Waals surface area contributed by atoms with Crippen LogP contribution in [-0.4, -0.2) is 13.1 Å². The van der Waals surface area contributed by atoms with Crippen LogP contribution in [0.25, 0.3) is 0 Å². The third-order valence-electron chi connectivity index (χ3n) is 2.88. The molecule has 0 radical (unpaired) electrons. The summed E-state index contributed by atoms with van der Waals surface area (Å²) in [7, 11) is 1.34. The summed E-state index contributed by atoms with van der Waals surface area (Å²) in [6, 6.07) is 0. The van der Waals surface area contributed by atoms with Crippen LogP contribution in [0.5, 0.6) is 0 Å². The first-order chi connectivity index (χ1) is 8.51. The Labute approximate surface area is 108 Å². The molecule has 0 saturated heterocycles. The summed E-state index contributed by atoms with van der Waals surface area (Å²) in [5.74, 6) is -0.440. The van der Waals surface area contributed by atoms with Crippen molar-refractivity contribution in [3.05, 3.63) is 52.5 Å². The van der Waals surface area contributed by atoms with Crippen molar-refractivity contribution in [2.45, 2.75) is 26.7 Å². The third-order valence-corrected chi connectivity index (χ3v) is 2.88. The third kappa shape index (κ3) is 3.02. The molecule has 0 spiro atoms. The number of hydrogen-bond donors (Lipinski definition) is 1. The van der Waals surface area contributed by atoms with Crippen LogP contribution < -0.4 is 5.73 Å². The summed E-state index contributed by atoms with van der Waals surface area (Å²) in [4.78, 5) is 11.8. The van der Waals surface area contributed by atoms with Gasteiger partial charge in [0.1, 0.15) is 0 Å². The molecule has 0 aromatic rings. The van der Waals surface area contributed by atoms with Gasteiger partial charge in [-0.3, -0.25) is 0 Å². The first-order valence-electron chi connectivity index (χ1n) is 5.90. The standard InChI is InChI=1S/C15H19NO2/c1-5-12-9-13(16)14(15(17)18-4)11(3)8-6-7-10(12)2/h6,9H,2,5,7,16H2,1,3-4H3/b12-9-,14-13-. The second-order valence-corrected chi connectivity index (χ2v) is 4.13. The predicted octanol–water partition coefficient (Wildman–Crippen LogP) is 2.77. The van der Waals surface area contributed by atoms with Gasteiger partial charge in [0.15, 0.2) is 0 Å². The summed E-state index contributed by atoms with van der Waals surface area (Å²) in [6.45, 7) is 7.84. The van der Waals surface area contributed by atoms with E-state index < -0.39 is 5.97 Å². The van der Waals surface area contributed by atoms with Crippen molar-refractivity contribution < 1.29 is 9.53 Å². The zero-order chi connectivity index (χ0) is 13.7. The maximum atomic E-state index is 11.8. The van der Waals surface area contributed by atoms with Crippen LogP contribution in [-0.2, 0) is 9.53 Å². The highest BCUT2D eigenvalue weighted by Crippen LogP contribution is 2.22. The molecule has 0 atom stereocenters. The van der Waals surface area contributed by atoms with Crippen molar-refractivity contribution in [2.24, 2.45) is 5.73 Å². The second kappa shape index (κ2) is 6.08. The zero-order valence-corrected chi connectivity index (χ0v) is 11.2. The molecule has 96 valence electrons. The van der Waals surface area contributed by atoms with Crippen LogP contribution in [0, 0.1) is 0 Å². The number of rotatable bonds is 2. The van der Waals surface area contributed by atoms with Gasteiger partial charge in [-0.05, 0) is 43.1 Å². The average molecular weight is 245 g/mol. The molecule has 0 saturated carbocycles. The fraction of sp³-hybridized carbons (Fsp3) is 0.333. The van der Waals surface area contributed by atoms with E-state index in [-0.39, 0.29) is 0 Å². The quantitative estimate of drug-likeness (QED) is 0.601. The maximum Gasteiger partial charge on any atom is 0.340 e. The highest BCUT2D eigenvalue weighted by molar-refractivity contribution is 5.94. The molecule has 3 heteroatoms. The molecule has 0 fully saturated rings. The lowest BCUT2D eigenvalue weighted by atomic mass is 10.00. The summed E-state index contributed by atoms with van der Waals surface area (Å²) >= 11 is 0. The van der Waals surface area contributed by atoms with Gasteiger partial charge < -0.3 is 10.5 Å². The number of ether oxygens (including phenoxy) is 1. The van der Waals surface area contributed by atoms with E-state index in [1.54, 1.807) is 13.0 Å². The molecule has 0 unspecified atom stereocenters. The lowest BCUT2D eigenvalue weighted by Gasteiger charge is -2.09. The van der Waals surface area contributed by atoms with Crippen LogP contribution in [0.4, 0.5) is 0 Å². The van der Waals surface area contributed by atoms with E-state index >= 15 is 0 Å². The topological polar surface area (TPSA) is 52.3 Å². The highest BCUT2D eigenvalue weighted by Gasteiger charge is 2.16. The Balaban J connectivity index is 3.46. The predicted molar refractivity (Wildman–Crippen MR) is 72.6 cm³/mol. The lowest BCUT2D eigenvalue weighted by molar-refractivity contribution is -0.135. The molecule has 1 aliphatic carbocycles. The van der Waals surface area contributed by atoms with E-state index in [9.17, 15) is 4.79 Å². The van der Waals surface area contributed by atoms with Gasteiger partial charge in [-0.15, -0.1) is 5.73 Å². The van der Waals surface area contributed by atoms with Crippen molar-refractivity contribution in [1.29, 1.82) is 0 Å². The number of nitrogens with two attached hydrogens (primary N) is 1. The number of hydrogen-bond acceptors (Lipinski definition) is 3. The summed E-state index contributed by atoms with van der Waals surface area (Å²) in [6.07, 6.45) is 5.20. The minimum absolute atomic E-state index is 0.370. The van der Waals surface area contributed by atoms with E-state index in [0.29, 0.717) is 23.3 Å². The van der Waals surface area contributed by atoms with Crippen molar-refractivity contribution in [3.8, 4) is 0 Å². The smallest absolute Gasteiger partial charge is 0.340 e. The molecule has 1 rings (SSSR count). The molecule has 0 amide bonds. The van der Waals surface area contributed by atoms with Crippen LogP contribution in [0.15, 0.2) is 52.5 Å². The molecular weight excluding hydrogens is 226 g/mol. The van der Waals surface area contributed by atoms with Crippen LogP contribution in [0.3, 0.4) is 0 Å². The molecule has 0 aromatic carbocycles.